The molecule has 1 atom stereocenters. The van der Waals surface area contributed by atoms with E-state index in [1.807, 2.05) is 18.2 Å². The second-order valence-corrected chi connectivity index (χ2v) is 4.71. The second-order valence-electron chi connectivity index (χ2n) is 3.19. The Kier molecular flexibility index (Phi) is 4.59. The van der Waals surface area contributed by atoms with Crippen molar-refractivity contribution in [2.45, 2.75) is 6.54 Å². The lowest BCUT2D eigenvalue weighted by Gasteiger charge is -2.15. The summed E-state index contributed by atoms with van der Waals surface area (Å²) >= 11 is -1.16. The molecule has 0 amide bonds. The highest BCUT2D eigenvalue weighted by Gasteiger charge is 2.08. The molecule has 0 aliphatic rings. The Morgan fingerprint density at radius 2 is 2.00 bits per heavy atom. The van der Waals surface area contributed by atoms with Gasteiger partial charge in [-0.25, -0.2) is 0 Å². The molecule has 1 unspecified atom stereocenters. The van der Waals surface area contributed by atoms with Crippen LogP contribution in [0.3, 0.4) is 0 Å². The maximum Gasteiger partial charge on any atom is 0.137 e. The molecule has 0 heterocycles. The van der Waals surface area contributed by atoms with E-state index in [-0.39, 0.29) is 0 Å². The number of nitrogens with one attached hydrogen (secondary N) is 1. The molecule has 4 nitrogen and oxygen atoms in total. The summed E-state index contributed by atoms with van der Waals surface area (Å²) in [5, 5.41) is 8.60. The van der Waals surface area contributed by atoms with Gasteiger partial charge < -0.3 is 4.55 Å². The van der Waals surface area contributed by atoms with Gasteiger partial charge in [-0.3, -0.25) is 0 Å². The molecule has 1 aromatic rings. The van der Waals surface area contributed by atoms with Crippen molar-refractivity contribution in [3.05, 3.63) is 35.4 Å². The first-order chi connectivity index (χ1) is 7.13. The van der Waals surface area contributed by atoms with Crippen LogP contribution in [0.15, 0.2) is 24.3 Å². The van der Waals surface area contributed by atoms with Crippen molar-refractivity contribution in [1.29, 1.82) is 5.26 Å². The van der Waals surface area contributed by atoms with Gasteiger partial charge in [-0.2, -0.15) is 5.26 Å². The maximum atomic E-state index is 11.3. The topological polar surface area (TPSA) is 62.1 Å². The lowest BCUT2D eigenvalue weighted by Crippen LogP contribution is -2.35. The second kappa shape index (κ2) is 5.73. The summed E-state index contributed by atoms with van der Waals surface area (Å²) in [5.41, 5.74) is 1.64. The highest BCUT2D eigenvalue weighted by Crippen LogP contribution is 2.03. The summed E-state index contributed by atoms with van der Waals surface area (Å²) in [7, 11) is 3.48. The molecule has 1 rings (SSSR count). The zero-order chi connectivity index (χ0) is 11.3. The van der Waals surface area contributed by atoms with Gasteiger partial charge in [0, 0.05) is 14.1 Å². The molecule has 0 aliphatic heterocycles. The van der Waals surface area contributed by atoms with Crippen LogP contribution in [0, 0.1) is 11.3 Å². The van der Waals surface area contributed by atoms with Crippen LogP contribution in [0.25, 0.3) is 0 Å². The van der Waals surface area contributed by atoms with E-state index in [0.717, 1.165) is 5.56 Å². The Hall–Kier alpha value is -1.06. The van der Waals surface area contributed by atoms with Gasteiger partial charge in [0.25, 0.3) is 0 Å². The van der Waals surface area contributed by atoms with Crippen LogP contribution in [-0.4, -0.2) is 23.0 Å². The van der Waals surface area contributed by atoms with Gasteiger partial charge >= 0.3 is 0 Å². The first kappa shape index (κ1) is 12.0. The largest absolute Gasteiger partial charge is 0.579 e. The minimum absolute atomic E-state index is 0.524. The van der Waals surface area contributed by atoms with Gasteiger partial charge in [0.05, 0.1) is 18.2 Å². The van der Waals surface area contributed by atoms with Crippen molar-refractivity contribution < 1.29 is 4.55 Å². The monoisotopic (exact) mass is 223 g/mol. The molecule has 5 heteroatoms. The summed E-state index contributed by atoms with van der Waals surface area (Å²) in [6, 6.07) is 9.23. The Morgan fingerprint density at radius 1 is 1.40 bits per heavy atom. The van der Waals surface area contributed by atoms with E-state index in [2.05, 4.69) is 4.72 Å². The van der Waals surface area contributed by atoms with E-state index in [0.29, 0.717) is 12.1 Å². The fourth-order valence-electron chi connectivity index (χ4n) is 0.971. The van der Waals surface area contributed by atoms with Crippen LogP contribution in [0.1, 0.15) is 11.1 Å². The van der Waals surface area contributed by atoms with Crippen molar-refractivity contribution in [2.75, 3.05) is 14.1 Å². The lowest BCUT2D eigenvalue weighted by molar-refractivity contribution is 0.504. The van der Waals surface area contributed by atoms with Crippen LogP contribution in [0.4, 0.5) is 0 Å². The summed E-state index contributed by atoms with van der Waals surface area (Å²) in [6.07, 6.45) is 0. The molecule has 1 N–H and O–H groups in total. The van der Waals surface area contributed by atoms with E-state index in [1.165, 1.54) is 0 Å². The van der Waals surface area contributed by atoms with Crippen LogP contribution >= 0.6 is 0 Å². The highest BCUT2D eigenvalue weighted by molar-refractivity contribution is 7.87. The zero-order valence-electron chi connectivity index (χ0n) is 8.73. The van der Waals surface area contributed by atoms with Gasteiger partial charge in [0.2, 0.25) is 0 Å². The van der Waals surface area contributed by atoms with Crippen molar-refractivity contribution in [3.63, 3.8) is 0 Å². The number of nitrogens with zero attached hydrogens (tertiary/aromatic N) is 2. The number of benzene rings is 1. The average Bonchev–Trinajstić information content (AvgIpc) is 2.26. The van der Waals surface area contributed by atoms with E-state index in [4.69, 9.17) is 5.26 Å². The van der Waals surface area contributed by atoms with Crippen LogP contribution in [0.5, 0.6) is 0 Å². The molecule has 0 saturated heterocycles. The standard InChI is InChI=1S/C10H13N3OS/c1-13(2)15(14)12-8-10-5-3-9(7-11)4-6-10/h3-6,12H,8H2,1-2H3. The third kappa shape index (κ3) is 3.90. The Morgan fingerprint density at radius 3 is 2.47 bits per heavy atom. The first-order valence-corrected chi connectivity index (χ1v) is 5.56. The van der Waals surface area contributed by atoms with Crippen LogP contribution in [0.2, 0.25) is 0 Å². The van der Waals surface area contributed by atoms with Crippen molar-refractivity contribution >= 4 is 11.5 Å². The van der Waals surface area contributed by atoms with Crippen LogP contribution < -0.4 is 4.72 Å². The molecule has 0 saturated carbocycles. The van der Waals surface area contributed by atoms with Gasteiger partial charge in [0.1, 0.15) is 11.5 Å². The van der Waals surface area contributed by atoms with Gasteiger partial charge in [-0.15, -0.1) is 9.03 Å². The fourth-order valence-corrected chi connectivity index (χ4v) is 1.52. The summed E-state index contributed by atoms with van der Waals surface area (Å²) in [4.78, 5) is 0. The summed E-state index contributed by atoms with van der Waals surface area (Å²) in [5.74, 6) is 0. The third-order valence-electron chi connectivity index (χ3n) is 1.81. The predicted molar refractivity (Wildman–Crippen MR) is 59.8 cm³/mol. The lowest BCUT2D eigenvalue weighted by atomic mass is 10.1. The summed E-state index contributed by atoms with van der Waals surface area (Å²) < 4.78 is 15.8. The molecule has 0 radical (unpaired) electrons. The quantitative estimate of drug-likeness (QED) is 0.766. The van der Waals surface area contributed by atoms with E-state index in [9.17, 15) is 4.55 Å². The van der Waals surface area contributed by atoms with Crippen molar-refractivity contribution in [3.8, 4) is 6.07 Å². The Bertz CT molecular complexity index is 345. The number of hydrogen-bond donors (Lipinski definition) is 1. The molecule has 0 bridgehead atoms. The summed E-state index contributed by atoms with van der Waals surface area (Å²) in [6.45, 7) is 0.524. The Labute approximate surface area is 93.0 Å². The fraction of sp³-hybridized carbons (Fsp3) is 0.300. The van der Waals surface area contributed by atoms with Crippen molar-refractivity contribution in [2.24, 2.45) is 0 Å². The number of hydrogen-bond acceptors (Lipinski definition) is 4. The minimum Gasteiger partial charge on any atom is -0.579 e. The van der Waals surface area contributed by atoms with Gasteiger partial charge in [0.15, 0.2) is 0 Å². The van der Waals surface area contributed by atoms with Gasteiger partial charge in [-0.1, -0.05) is 12.1 Å². The maximum absolute atomic E-state index is 11.3. The molecule has 1 aromatic carbocycles. The molecule has 15 heavy (non-hydrogen) atoms. The molecular weight excluding hydrogens is 210 g/mol. The molecule has 0 spiro atoms. The molecule has 0 aliphatic carbocycles. The predicted octanol–water partition coefficient (Wildman–Crippen LogP) is 0.788. The molecule has 80 valence electrons. The minimum atomic E-state index is -1.16. The van der Waals surface area contributed by atoms with E-state index < -0.39 is 11.5 Å². The molecular formula is C10H13N3OS. The van der Waals surface area contributed by atoms with Crippen molar-refractivity contribution in [1.82, 2.24) is 9.03 Å². The number of nitriles is 1. The first-order valence-electron chi connectivity index (χ1n) is 4.45. The van der Waals surface area contributed by atoms with Gasteiger partial charge in [-0.05, 0) is 17.7 Å². The average molecular weight is 223 g/mol. The number of rotatable bonds is 4. The SMILES string of the molecule is CN(C)[S+]([O-])NCc1ccc(C#N)cc1. The smallest absolute Gasteiger partial charge is 0.137 e. The highest BCUT2D eigenvalue weighted by atomic mass is 32.2. The normalized spacial score (nSPS) is 12.5. The van der Waals surface area contributed by atoms with Crippen LogP contribution in [-0.2, 0) is 18.1 Å². The Balaban J connectivity index is 2.48. The van der Waals surface area contributed by atoms with E-state index >= 15 is 0 Å². The molecule has 0 fully saturated rings. The third-order valence-corrected chi connectivity index (χ3v) is 2.87. The van der Waals surface area contributed by atoms with E-state index in [1.54, 1.807) is 30.5 Å². The zero-order valence-corrected chi connectivity index (χ0v) is 9.54. The molecule has 0 aromatic heterocycles.